The first kappa shape index (κ1) is 16.8. The first-order valence-corrected chi connectivity index (χ1v) is 7.97. The number of carbonyl (C=O) groups is 1. The molecule has 3 rings (SSSR count). The molecule has 0 fully saturated rings. The monoisotopic (exact) mass is 338 g/mol. The van der Waals surface area contributed by atoms with E-state index in [9.17, 15) is 9.18 Å². The molecule has 0 aliphatic rings. The van der Waals surface area contributed by atoms with Crippen molar-refractivity contribution in [2.24, 2.45) is 0 Å². The quantitative estimate of drug-likeness (QED) is 0.730. The predicted octanol–water partition coefficient (Wildman–Crippen LogP) is 4.25. The van der Waals surface area contributed by atoms with Crippen molar-refractivity contribution < 1.29 is 13.9 Å². The van der Waals surface area contributed by atoms with Gasteiger partial charge < -0.3 is 14.6 Å². The second-order valence-electron chi connectivity index (χ2n) is 5.68. The van der Waals surface area contributed by atoms with Gasteiger partial charge >= 0.3 is 0 Å². The topological polar surface area (TPSA) is 43.3 Å². The average molecular weight is 338 g/mol. The number of carbonyl (C=O) groups excluding carboxylic acids is 1. The van der Waals surface area contributed by atoms with E-state index in [2.05, 4.69) is 5.32 Å². The number of amides is 1. The van der Waals surface area contributed by atoms with Gasteiger partial charge in [0.25, 0.3) is 0 Å². The number of ether oxygens (including phenoxy) is 1. The van der Waals surface area contributed by atoms with Gasteiger partial charge in [0.15, 0.2) is 0 Å². The Morgan fingerprint density at radius 1 is 1.12 bits per heavy atom. The van der Waals surface area contributed by atoms with Crippen LogP contribution < -0.4 is 10.1 Å². The third kappa shape index (κ3) is 4.26. The average Bonchev–Trinajstić information content (AvgIpc) is 3.14. The van der Waals surface area contributed by atoms with Gasteiger partial charge in [-0.05, 0) is 54.1 Å². The summed E-state index contributed by atoms with van der Waals surface area (Å²) in [7, 11) is 1.59. The second-order valence-corrected chi connectivity index (χ2v) is 5.68. The number of aromatic nitrogens is 1. The minimum atomic E-state index is -0.315. The van der Waals surface area contributed by atoms with E-state index in [0.29, 0.717) is 5.69 Å². The maximum absolute atomic E-state index is 13.6. The molecule has 0 aliphatic carbocycles. The fourth-order valence-electron chi connectivity index (χ4n) is 2.73. The molecular weight excluding hydrogens is 319 g/mol. The van der Waals surface area contributed by atoms with Gasteiger partial charge in [0.1, 0.15) is 11.6 Å². The molecule has 0 saturated heterocycles. The number of nitrogens with one attached hydrogen (secondary N) is 1. The third-order valence-corrected chi connectivity index (χ3v) is 3.97. The molecule has 0 radical (unpaired) electrons. The Morgan fingerprint density at radius 2 is 1.84 bits per heavy atom. The van der Waals surface area contributed by atoms with Crippen LogP contribution in [0.5, 0.6) is 5.75 Å². The van der Waals surface area contributed by atoms with Crippen LogP contribution >= 0.6 is 0 Å². The Morgan fingerprint density at radius 3 is 2.48 bits per heavy atom. The first-order valence-electron chi connectivity index (χ1n) is 7.97. The van der Waals surface area contributed by atoms with E-state index in [1.54, 1.807) is 37.4 Å². The van der Waals surface area contributed by atoms with Crippen molar-refractivity contribution in [3.8, 4) is 5.75 Å². The highest BCUT2D eigenvalue weighted by molar-refractivity contribution is 5.91. The van der Waals surface area contributed by atoms with Crippen molar-refractivity contribution in [1.82, 2.24) is 4.57 Å². The number of anilines is 1. The lowest BCUT2D eigenvalue weighted by molar-refractivity contribution is -0.116. The summed E-state index contributed by atoms with van der Waals surface area (Å²) in [6, 6.07) is 17.0. The van der Waals surface area contributed by atoms with Crippen LogP contribution in [0, 0.1) is 5.82 Å². The zero-order valence-corrected chi connectivity index (χ0v) is 13.9. The summed E-state index contributed by atoms with van der Waals surface area (Å²) in [5.41, 5.74) is 1.44. The fourth-order valence-corrected chi connectivity index (χ4v) is 2.73. The third-order valence-electron chi connectivity index (χ3n) is 3.97. The molecule has 0 unspecified atom stereocenters. The summed E-state index contributed by atoms with van der Waals surface area (Å²) in [4.78, 5) is 12.5. The molecule has 0 aliphatic heterocycles. The fraction of sp³-hybridized carbons (Fsp3) is 0.150. The molecule has 128 valence electrons. The Labute approximate surface area is 145 Å². The lowest BCUT2D eigenvalue weighted by Crippen LogP contribution is -2.19. The van der Waals surface area contributed by atoms with Crippen molar-refractivity contribution >= 4 is 11.6 Å². The lowest BCUT2D eigenvalue weighted by atomic mass is 10.0. The van der Waals surface area contributed by atoms with Crippen molar-refractivity contribution in [3.63, 3.8) is 0 Å². The number of methoxy groups -OCH3 is 1. The van der Waals surface area contributed by atoms with E-state index in [4.69, 9.17) is 4.74 Å². The van der Waals surface area contributed by atoms with Crippen molar-refractivity contribution in [2.45, 2.75) is 12.5 Å². The molecule has 0 saturated carbocycles. The summed E-state index contributed by atoms with van der Waals surface area (Å²) in [5.74, 6) is 0.265. The van der Waals surface area contributed by atoms with Crippen LogP contribution in [0.2, 0.25) is 0 Å². The molecule has 3 aromatic rings. The van der Waals surface area contributed by atoms with E-state index in [1.807, 2.05) is 35.2 Å². The molecule has 4 nitrogen and oxygen atoms in total. The van der Waals surface area contributed by atoms with Crippen LogP contribution in [0.15, 0.2) is 73.1 Å². The minimum Gasteiger partial charge on any atom is -0.497 e. The van der Waals surface area contributed by atoms with Gasteiger partial charge in [0.05, 0.1) is 19.6 Å². The molecule has 1 aromatic heterocycles. The normalized spacial score (nSPS) is 11.8. The summed E-state index contributed by atoms with van der Waals surface area (Å²) in [6.45, 7) is 0. The summed E-state index contributed by atoms with van der Waals surface area (Å²) in [6.07, 6.45) is 3.94. The van der Waals surface area contributed by atoms with E-state index >= 15 is 0 Å². The summed E-state index contributed by atoms with van der Waals surface area (Å²) in [5, 5.41) is 2.87. The number of benzene rings is 2. The Kier molecular flexibility index (Phi) is 5.14. The highest BCUT2D eigenvalue weighted by Crippen LogP contribution is 2.24. The van der Waals surface area contributed by atoms with E-state index in [0.717, 1.165) is 11.3 Å². The molecule has 25 heavy (non-hydrogen) atoms. The highest BCUT2D eigenvalue weighted by atomic mass is 19.1. The molecule has 5 heteroatoms. The maximum Gasteiger partial charge on any atom is 0.226 e. The first-order chi connectivity index (χ1) is 12.2. The number of rotatable bonds is 6. The van der Waals surface area contributed by atoms with Crippen molar-refractivity contribution in [3.05, 3.63) is 84.4 Å². The lowest BCUT2D eigenvalue weighted by Gasteiger charge is -2.19. The summed E-state index contributed by atoms with van der Waals surface area (Å²) >= 11 is 0. The molecular formula is C20H19FN2O2. The second kappa shape index (κ2) is 7.66. The Bertz CT molecular complexity index is 829. The summed E-state index contributed by atoms with van der Waals surface area (Å²) < 4.78 is 20.6. The molecule has 2 aromatic carbocycles. The molecule has 1 atom stereocenters. The predicted molar refractivity (Wildman–Crippen MR) is 95.2 cm³/mol. The van der Waals surface area contributed by atoms with E-state index in [1.165, 1.54) is 12.1 Å². The zero-order chi connectivity index (χ0) is 17.6. The van der Waals surface area contributed by atoms with Crippen molar-refractivity contribution in [2.75, 3.05) is 12.4 Å². The number of halogens is 1. The van der Waals surface area contributed by atoms with Gasteiger partial charge in [-0.15, -0.1) is 0 Å². The van der Waals surface area contributed by atoms with Gasteiger partial charge in [-0.25, -0.2) is 4.39 Å². The van der Waals surface area contributed by atoms with Crippen LogP contribution in [0.3, 0.4) is 0 Å². The standard InChI is InChI=1S/C20H19FN2O2/c1-25-18-9-7-17(8-10-18)22-20(24)14-19(23-11-2-3-12-23)15-5-4-6-16(21)13-15/h2-13,19H,14H2,1H3,(H,22,24)/t19-/m1/s1. The van der Waals surface area contributed by atoms with Gasteiger partial charge in [-0.1, -0.05) is 12.1 Å². The molecule has 0 spiro atoms. The van der Waals surface area contributed by atoms with Crippen molar-refractivity contribution in [1.29, 1.82) is 0 Å². The number of nitrogens with zero attached hydrogens (tertiary/aromatic N) is 1. The zero-order valence-electron chi connectivity index (χ0n) is 13.9. The van der Waals surface area contributed by atoms with Gasteiger partial charge in [0, 0.05) is 18.1 Å². The van der Waals surface area contributed by atoms with Crippen LogP contribution in [0.1, 0.15) is 18.0 Å². The van der Waals surface area contributed by atoms with Crippen LogP contribution in [-0.4, -0.2) is 17.6 Å². The van der Waals surface area contributed by atoms with E-state index in [-0.39, 0.29) is 24.2 Å². The Balaban J connectivity index is 1.76. The number of hydrogen-bond acceptors (Lipinski definition) is 2. The highest BCUT2D eigenvalue weighted by Gasteiger charge is 2.18. The minimum absolute atomic E-state index is 0.145. The molecule has 1 heterocycles. The molecule has 1 N–H and O–H groups in total. The van der Waals surface area contributed by atoms with Gasteiger partial charge in [-0.3, -0.25) is 4.79 Å². The van der Waals surface area contributed by atoms with Crippen LogP contribution in [0.4, 0.5) is 10.1 Å². The van der Waals surface area contributed by atoms with Crippen LogP contribution in [0.25, 0.3) is 0 Å². The van der Waals surface area contributed by atoms with Gasteiger partial charge in [-0.2, -0.15) is 0 Å². The smallest absolute Gasteiger partial charge is 0.226 e. The number of hydrogen-bond donors (Lipinski definition) is 1. The maximum atomic E-state index is 13.6. The van der Waals surface area contributed by atoms with Crippen LogP contribution in [-0.2, 0) is 4.79 Å². The Hall–Kier alpha value is -3.08. The SMILES string of the molecule is COc1ccc(NC(=O)C[C@H](c2cccc(F)c2)n2cccc2)cc1. The molecule has 0 bridgehead atoms. The van der Waals surface area contributed by atoms with Gasteiger partial charge in [0.2, 0.25) is 5.91 Å². The molecule has 1 amide bonds. The largest absolute Gasteiger partial charge is 0.497 e. The van der Waals surface area contributed by atoms with E-state index < -0.39 is 0 Å².